The third kappa shape index (κ3) is 5.61. The summed E-state index contributed by atoms with van der Waals surface area (Å²) in [6.07, 6.45) is 2.23. The zero-order chi connectivity index (χ0) is 22.6. The number of aryl methyl sites for hydroxylation is 3. The smallest absolute Gasteiger partial charge is 0.262 e. The maximum atomic E-state index is 12.7. The minimum atomic E-state index is -3.68. The summed E-state index contributed by atoms with van der Waals surface area (Å²) in [6.45, 7) is 4.17. The standard InChI is InChI=1S/C20H28N6O4S/c1-14-4-6-17(7-5-14)21-12-18(27)23-24-20(28)16-8-10-26(11-9-16)31(29,30)19-13-25(3)15(2)22-19/h4-7,13,16,21H,8-12H2,1-3H3,(H,23,27)(H,24,28). The van der Waals surface area contributed by atoms with Crippen molar-refractivity contribution in [2.24, 2.45) is 13.0 Å². The van der Waals surface area contributed by atoms with E-state index in [0.717, 1.165) is 11.3 Å². The second kappa shape index (κ2) is 9.48. The number of hydrogen-bond acceptors (Lipinski definition) is 6. The number of nitrogens with zero attached hydrogens (tertiary/aromatic N) is 3. The lowest BCUT2D eigenvalue weighted by Gasteiger charge is -2.29. The van der Waals surface area contributed by atoms with Crippen LogP contribution in [-0.2, 0) is 26.7 Å². The predicted octanol–water partition coefficient (Wildman–Crippen LogP) is 0.697. The van der Waals surface area contributed by atoms with Crippen molar-refractivity contribution in [2.75, 3.05) is 25.0 Å². The van der Waals surface area contributed by atoms with Crippen molar-refractivity contribution in [1.29, 1.82) is 0 Å². The van der Waals surface area contributed by atoms with Crippen LogP contribution in [0, 0.1) is 19.8 Å². The molecule has 2 aromatic rings. The fourth-order valence-corrected chi connectivity index (χ4v) is 4.77. The van der Waals surface area contributed by atoms with Crippen LogP contribution in [0.3, 0.4) is 0 Å². The van der Waals surface area contributed by atoms with Gasteiger partial charge in [-0.1, -0.05) is 17.7 Å². The van der Waals surface area contributed by atoms with Crippen LogP contribution in [0.5, 0.6) is 0 Å². The van der Waals surface area contributed by atoms with Crippen LogP contribution >= 0.6 is 0 Å². The number of carbonyl (C=O) groups is 2. The largest absolute Gasteiger partial charge is 0.376 e. The number of piperidine rings is 1. The van der Waals surface area contributed by atoms with Crippen molar-refractivity contribution in [3.63, 3.8) is 0 Å². The molecule has 11 heteroatoms. The van der Waals surface area contributed by atoms with Gasteiger partial charge in [0.1, 0.15) is 5.82 Å². The second-order valence-corrected chi connectivity index (χ2v) is 9.56. The van der Waals surface area contributed by atoms with Gasteiger partial charge in [-0.25, -0.2) is 13.4 Å². The molecule has 3 N–H and O–H groups in total. The van der Waals surface area contributed by atoms with Crippen molar-refractivity contribution < 1.29 is 18.0 Å². The molecule has 1 aromatic carbocycles. The fourth-order valence-electron chi connectivity index (χ4n) is 3.27. The van der Waals surface area contributed by atoms with Crippen molar-refractivity contribution >= 4 is 27.5 Å². The number of hydrazine groups is 1. The Hall–Kier alpha value is -2.92. The molecule has 0 bridgehead atoms. The fraction of sp³-hybridized carbons (Fsp3) is 0.450. The molecule has 1 saturated heterocycles. The summed E-state index contributed by atoms with van der Waals surface area (Å²) < 4.78 is 28.5. The SMILES string of the molecule is Cc1ccc(NCC(=O)NNC(=O)C2CCN(S(=O)(=O)c3cn(C)c(C)n3)CC2)cc1. The van der Waals surface area contributed by atoms with Gasteiger partial charge >= 0.3 is 0 Å². The summed E-state index contributed by atoms with van der Waals surface area (Å²) in [5.74, 6) is -0.461. The number of hydrogen-bond donors (Lipinski definition) is 3. The van der Waals surface area contributed by atoms with Gasteiger partial charge in [0.15, 0.2) is 5.03 Å². The Morgan fingerprint density at radius 2 is 1.74 bits per heavy atom. The summed E-state index contributed by atoms with van der Waals surface area (Å²) in [6, 6.07) is 7.61. The van der Waals surface area contributed by atoms with Crippen LogP contribution in [0.15, 0.2) is 35.5 Å². The van der Waals surface area contributed by atoms with E-state index in [1.54, 1.807) is 18.5 Å². The maximum Gasteiger partial charge on any atom is 0.262 e. The average molecular weight is 449 g/mol. The van der Waals surface area contributed by atoms with Gasteiger partial charge < -0.3 is 9.88 Å². The Kier molecular flexibility index (Phi) is 6.96. The van der Waals surface area contributed by atoms with Crippen molar-refractivity contribution in [1.82, 2.24) is 24.7 Å². The van der Waals surface area contributed by atoms with Crippen LogP contribution in [0.1, 0.15) is 24.2 Å². The lowest BCUT2D eigenvalue weighted by Crippen LogP contribution is -2.49. The number of imidazole rings is 1. The molecular formula is C20H28N6O4S. The average Bonchev–Trinajstić information content (AvgIpc) is 3.11. The van der Waals surface area contributed by atoms with E-state index in [2.05, 4.69) is 21.2 Å². The molecule has 0 saturated carbocycles. The Morgan fingerprint density at radius 3 is 2.32 bits per heavy atom. The van der Waals surface area contributed by atoms with E-state index < -0.39 is 10.0 Å². The molecular weight excluding hydrogens is 420 g/mol. The Bertz CT molecular complexity index is 1020. The predicted molar refractivity (Wildman–Crippen MR) is 115 cm³/mol. The molecule has 1 aliphatic heterocycles. The van der Waals surface area contributed by atoms with Gasteiger partial charge in [0.25, 0.3) is 15.9 Å². The van der Waals surface area contributed by atoms with E-state index in [1.165, 1.54) is 10.5 Å². The molecule has 31 heavy (non-hydrogen) atoms. The summed E-state index contributed by atoms with van der Waals surface area (Å²) in [7, 11) is -1.94. The minimum absolute atomic E-state index is 0.0174. The number of nitrogens with one attached hydrogen (secondary N) is 3. The van der Waals surface area contributed by atoms with Crippen molar-refractivity contribution in [3.8, 4) is 0 Å². The topological polar surface area (TPSA) is 125 Å². The quantitative estimate of drug-likeness (QED) is 0.559. The first-order chi connectivity index (χ1) is 14.7. The Balaban J connectivity index is 1.43. The van der Waals surface area contributed by atoms with Gasteiger partial charge in [0, 0.05) is 37.9 Å². The maximum absolute atomic E-state index is 12.7. The lowest BCUT2D eigenvalue weighted by atomic mass is 9.98. The number of sulfonamides is 1. The first-order valence-corrected chi connectivity index (χ1v) is 11.5. The molecule has 168 valence electrons. The molecule has 2 heterocycles. The Morgan fingerprint density at radius 1 is 1.10 bits per heavy atom. The number of rotatable bonds is 6. The highest BCUT2D eigenvalue weighted by Gasteiger charge is 2.33. The zero-order valence-corrected chi connectivity index (χ0v) is 18.7. The number of anilines is 1. The van der Waals surface area contributed by atoms with Gasteiger partial charge in [0.2, 0.25) is 5.91 Å². The van der Waals surface area contributed by atoms with Gasteiger partial charge in [-0.3, -0.25) is 20.4 Å². The zero-order valence-electron chi connectivity index (χ0n) is 17.9. The number of amides is 2. The van der Waals surface area contributed by atoms with E-state index in [1.807, 2.05) is 31.2 Å². The molecule has 0 atom stereocenters. The van der Waals surface area contributed by atoms with E-state index in [9.17, 15) is 18.0 Å². The van der Waals surface area contributed by atoms with Crippen LogP contribution in [0.25, 0.3) is 0 Å². The van der Waals surface area contributed by atoms with Crippen molar-refractivity contribution in [2.45, 2.75) is 31.7 Å². The molecule has 3 rings (SSSR count). The highest BCUT2D eigenvalue weighted by molar-refractivity contribution is 7.89. The summed E-state index contributed by atoms with van der Waals surface area (Å²) in [4.78, 5) is 28.4. The molecule has 0 aliphatic carbocycles. The molecule has 1 aliphatic rings. The van der Waals surface area contributed by atoms with Gasteiger partial charge in [-0.2, -0.15) is 4.31 Å². The van der Waals surface area contributed by atoms with E-state index >= 15 is 0 Å². The molecule has 0 radical (unpaired) electrons. The molecule has 0 unspecified atom stereocenters. The third-order valence-corrected chi connectivity index (χ3v) is 7.12. The van der Waals surface area contributed by atoms with Crippen LogP contribution in [0.2, 0.25) is 0 Å². The first-order valence-electron chi connectivity index (χ1n) is 10.1. The Labute approximate surface area is 182 Å². The molecule has 2 amide bonds. The lowest BCUT2D eigenvalue weighted by molar-refractivity contribution is -0.131. The first kappa shape index (κ1) is 22.8. The molecule has 1 fully saturated rings. The monoisotopic (exact) mass is 448 g/mol. The van der Waals surface area contributed by atoms with Crippen LogP contribution in [0.4, 0.5) is 5.69 Å². The normalized spacial score (nSPS) is 15.5. The number of aromatic nitrogens is 2. The third-order valence-electron chi connectivity index (χ3n) is 5.35. The van der Waals surface area contributed by atoms with Gasteiger partial charge in [-0.05, 0) is 38.8 Å². The highest BCUT2D eigenvalue weighted by Crippen LogP contribution is 2.23. The molecule has 10 nitrogen and oxygen atoms in total. The minimum Gasteiger partial charge on any atom is -0.376 e. The molecule has 1 aromatic heterocycles. The van der Waals surface area contributed by atoms with E-state index in [0.29, 0.717) is 18.7 Å². The summed E-state index contributed by atoms with van der Waals surface area (Å²) in [5.41, 5.74) is 6.75. The van der Waals surface area contributed by atoms with E-state index in [-0.39, 0.29) is 42.4 Å². The van der Waals surface area contributed by atoms with Crippen molar-refractivity contribution in [3.05, 3.63) is 41.9 Å². The van der Waals surface area contributed by atoms with E-state index in [4.69, 9.17) is 0 Å². The van der Waals surface area contributed by atoms with Gasteiger partial charge in [-0.15, -0.1) is 0 Å². The number of carbonyl (C=O) groups excluding carboxylic acids is 2. The molecule has 0 spiro atoms. The number of benzene rings is 1. The summed E-state index contributed by atoms with van der Waals surface area (Å²) in [5, 5.41) is 2.99. The highest BCUT2D eigenvalue weighted by atomic mass is 32.2. The summed E-state index contributed by atoms with van der Waals surface area (Å²) >= 11 is 0. The second-order valence-electron chi connectivity index (χ2n) is 7.67. The van der Waals surface area contributed by atoms with Crippen LogP contribution in [-0.4, -0.2) is 53.7 Å². The van der Waals surface area contributed by atoms with Crippen LogP contribution < -0.4 is 16.2 Å². The van der Waals surface area contributed by atoms with Gasteiger partial charge in [0.05, 0.1) is 6.54 Å².